The predicted octanol–water partition coefficient (Wildman–Crippen LogP) is 3.39. The number of hydrogen-bond acceptors (Lipinski definition) is 2. The summed E-state index contributed by atoms with van der Waals surface area (Å²) in [6.45, 7) is 2.48. The van der Waals surface area contributed by atoms with Crippen molar-refractivity contribution in [2.24, 2.45) is 0 Å². The van der Waals surface area contributed by atoms with Crippen LogP contribution in [-0.4, -0.2) is 11.0 Å². The van der Waals surface area contributed by atoms with Crippen LogP contribution in [0.5, 0.6) is 0 Å². The van der Waals surface area contributed by atoms with Crippen LogP contribution in [0.15, 0.2) is 48.5 Å². The number of carbonyl (C=O) groups is 1. The average molecular weight is 304 g/mol. The molecule has 0 saturated carbocycles. The van der Waals surface area contributed by atoms with Gasteiger partial charge in [-0.3, -0.25) is 4.79 Å². The second-order valence-electron chi connectivity index (χ2n) is 5.04. The average Bonchev–Trinajstić information content (AvgIpc) is 2.46. The van der Waals surface area contributed by atoms with Crippen molar-refractivity contribution in [3.05, 3.63) is 70.2 Å². The Morgan fingerprint density at radius 2 is 1.95 bits per heavy atom. The normalized spacial score (nSPS) is 12.0. The molecule has 1 amide bonds. The number of hydrogen-bond donors (Lipinski definition) is 2. The molecule has 3 nitrogen and oxygen atoms in total. The first kappa shape index (κ1) is 15.5. The highest BCUT2D eigenvalue weighted by atomic mass is 35.5. The minimum atomic E-state index is -0.820. The van der Waals surface area contributed by atoms with Gasteiger partial charge in [0.15, 0.2) is 0 Å². The highest BCUT2D eigenvalue weighted by Crippen LogP contribution is 2.19. The molecule has 2 aromatic carbocycles. The summed E-state index contributed by atoms with van der Waals surface area (Å²) in [5.74, 6) is -0.182. The third-order valence-electron chi connectivity index (χ3n) is 3.21. The summed E-state index contributed by atoms with van der Waals surface area (Å²) in [6.07, 6.45) is -0.784. The number of aryl methyl sites for hydroxylation is 1. The van der Waals surface area contributed by atoms with E-state index in [2.05, 4.69) is 5.32 Å². The molecule has 21 heavy (non-hydrogen) atoms. The molecule has 110 valence electrons. The topological polar surface area (TPSA) is 49.3 Å². The van der Waals surface area contributed by atoms with Crippen LogP contribution in [0.2, 0.25) is 5.02 Å². The van der Waals surface area contributed by atoms with E-state index < -0.39 is 6.10 Å². The first-order chi connectivity index (χ1) is 10.0. The van der Waals surface area contributed by atoms with Gasteiger partial charge in [0.1, 0.15) is 0 Å². The van der Waals surface area contributed by atoms with Gasteiger partial charge in [0.25, 0.3) is 0 Å². The zero-order valence-corrected chi connectivity index (χ0v) is 12.6. The number of carbonyl (C=O) groups excluding carboxylic acids is 1. The molecule has 0 aliphatic heterocycles. The molecule has 0 spiro atoms. The number of amides is 1. The van der Waals surface area contributed by atoms with Crippen LogP contribution in [0.3, 0.4) is 0 Å². The van der Waals surface area contributed by atoms with E-state index in [1.165, 1.54) is 0 Å². The number of aliphatic hydroxyl groups is 1. The van der Waals surface area contributed by atoms with Gasteiger partial charge in [0.05, 0.1) is 12.5 Å². The maximum absolute atomic E-state index is 11.9. The van der Waals surface area contributed by atoms with Crippen LogP contribution in [0.25, 0.3) is 0 Å². The smallest absolute Gasteiger partial charge is 0.223 e. The van der Waals surface area contributed by atoms with E-state index >= 15 is 0 Å². The van der Waals surface area contributed by atoms with Crippen LogP contribution >= 0.6 is 11.6 Å². The molecule has 4 heteroatoms. The Morgan fingerprint density at radius 1 is 1.24 bits per heavy atom. The van der Waals surface area contributed by atoms with Crippen LogP contribution in [0.1, 0.15) is 29.2 Å². The third kappa shape index (κ3) is 4.88. The van der Waals surface area contributed by atoms with E-state index in [-0.39, 0.29) is 12.3 Å². The molecule has 2 aromatic rings. The summed E-state index contributed by atoms with van der Waals surface area (Å²) in [6, 6.07) is 14.8. The lowest BCUT2D eigenvalue weighted by atomic mass is 10.1. The fourth-order valence-electron chi connectivity index (χ4n) is 2.07. The van der Waals surface area contributed by atoms with Crippen LogP contribution in [0, 0.1) is 6.92 Å². The second-order valence-corrected chi connectivity index (χ2v) is 5.47. The molecule has 0 fully saturated rings. The first-order valence-electron chi connectivity index (χ1n) is 6.80. The molecule has 0 saturated heterocycles. The van der Waals surface area contributed by atoms with Crippen molar-refractivity contribution >= 4 is 17.5 Å². The summed E-state index contributed by atoms with van der Waals surface area (Å²) in [7, 11) is 0. The Kier molecular flexibility index (Phi) is 5.37. The fraction of sp³-hybridized carbons (Fsp3) is 0.235. The molecule has 2 N–H and O–H groups in total. The molecule has 0 heterocycles. The number of halogens is 1. The van der Waals surface area contributed by atoms with Crippen molar-refractivity contribution in [1.82, 2.24) is 5.32 Å². The number of rotatable bonds is 5. The predicted molar refractivity (Wildman–Crippen MR) is 84.1 cm³/mol. The van der Waals surface area contributed by atoms with Crippen LogP contribution in [-0.2, 0) is 11.3 Å². The van der Waals surface area contributed by atoms with Gasteiger partial charge in [0, 0.05) is 11.6 Å². The number of aliphatic hydroxyl groups excluding tert-OH is 1. The van der Waals surface area contributed by atoms with E-state index in [9.17, 15) is 9.90 Å². The van der Waals surface area contributed by atoms with Crippen molar-refractivity contribution in [3.63, 3.8) is 0 Å². The Morgan fingerprint density at radius 3 is 2.62 bits per heavy atom. The molecule has 2 rings (SSSR count). The van der Waals surface area contributed by atoms with Crippen molar-refractivity contribution in [2.75, 3.05) is 0 Å². The SMILES string of the molecule is Cc1cccc(CNC(=O)CC(O)c2ccc(Cl)cc2)c1. The second kappa shape index (κ2) is 7.25. The Bertz CT molecular complexity index is 610. The minimum absolute atomic E-state index is 0.0352. The summed E-state index contributed by atoms with van der Waals surface area (Å²) in [5, 5.41) is 13.4. The molecule has 1 unspecified atom stereocenters. The van der Waals surface area contributed by atoms with E-state index in [4.69, 9.17) is 11.6 Å². The largest absolute Gasteiger partial charge is 0.388 e. The Hall–Kier alpha value is -1.84. The lowest BCUT2D eigenvalue weighted by Gasteiger charge is -2.11. The Balaban J connectivity index is 1.85. The van der Waals surface area contributed by atoms with Crippen molar-refractivity contribution in [3.8, 4) is 0 Å². The molecule has 0 bridgehead atoms. The lowest BCUT2D eigenvalue weighted by Crippen LogP contribution is -2.24. The summed E-state index contributed by atoms with van der Waals surface area (Å²) in [5.41, 5.74) is 2.89. The van der Waals surface area contributed by atoms with E-state index in [0.717, 1.165) is 11.1 Å². The molecule has 0 radical (unpaired) electrons. The van der Waals surface area contributed by atoms with E-state index in [1.54, 1.807) is 24.3 Å². The minimum Gasteiger partial charge on any atom is -0.388 e. The van der Waals surface area contributed by atoms with Gasteiger partial charge in [0.2, 0.25) is 5.91 Å². The van der Waals surface area contributed by atoms with Gasteiger partial charge in [-0.2, -0.15) is 0 Å². The summed E-state index contributed by atoms with van der Waals surface area (Å²) >= 11 is 5.79. The molecule has 0 aliphatic carbocycles. The maximum Gasteiger partial charge on any atom is 0.223 e. The number of nitrogens with one attached hydrogen (secondary N) is 1. The molecule has 1 atom stereocenters. The third-order valence-corrected chi connectivity index (χ3v) is 3.46. The summed E-state index contributed by atoms with van der Waals surface area (Å²) < 4.78 is 0. The molecule has 0 aliphatic rings. The fourth-order valence-corrected chi connectivity index (χ4v) is 2.20. The molecule has 0 aromatic heterocycles. The van der Waals surface area contributed by atoms with Crippen LogP contribution < -0.4 is 5.32 Å². The Labute approximate surface area is 129 Å². The van der Waals surface area contributed by atoms with E-state index in [0.29, 0.717) is 17.1 Å². The van der Waals surface area contributed by atoms with Gasteiger partial charge in [-0.05, 0) is 30.2 Å². The van der Waals surface area contributed by atoms with Gasteiger partial charge in [-0.1, -0.05) is 53.6 Å². The quantitative estimate of drug-likeness (QED) is 0.889. The van der Waals surface area contributed by atoms with Gasteiger partial charge in [-0.25, -0.2) is 0 Å². The number of benzene rings is 2. The zero-order valence-electron chi connectivity index (χ0n) is 11.8. The lowest BCUT2D eigenvalue weighted by molar-refractivity contribution is -0.123. The van der Waals surface area contributed by atoms with Crippen molar-refractivity contribution in [1.29, 1.82) is 0 Å². The standard InChI is InChI=1S/C17H18ClNO2/c1-12-3-2-4-13(9-12)11-19-17(21)10-16(20)14-5-7-15(18)8-6-14/h2-9,16,20H,10-11H2,1H3,(H,19,21). The zero-order chi connectivity index (χ0) is 15.2. The monoisotopic (exact) mass is 303 g/mol. The van der Waals surface area contributed by atoms with Crippen molar-refractivity contribution < 1.29 is 9.90 Å². The molecular formula is C17H18ClNO2. The first-order valence-corrected chi connectivity index (χ1v) is 7.18. The highest BCUT2D eigenvalue weighted by molar-refractivity contribution is 6.30. The van der Waals surface area contributed by atoms with Gasteiger partial charge >= 0.3 is 0 Å². The van der Waals surface area contributed by atoms with Gasteiger partial charge in [-0.15, -0.1) is 0 Å². The summed E-state index contributed by atoms with van der Waals surface area (Å²) in [4.78, 5) is 11.9. The van der Waals surface area contributed by atoms with Crippen molar-refractivity contribution in [2.45, 2.75) is 26.0 Å². The highest BCUT2D eigenvalue weighted by Gasteiger charge is 2.12. The molecular weight excluding hydrogens is 286 g/mol. The van der Waals surface area contributed by atoms with Gasteiger partial charge < -0.3 is 10.4 Å². The van der Waals surface area contributed by atoms with E-state index in [1.807, 2.05) is 31.2 Å². The van der Waals surface area contributed by atoms with Crippen LogP contribution in [0.4, 0.5) is 0 Å². The maximum atomic E-state index is 11.9.